The second kappa shape index (κ2) is 11.6. The minimum Gasteiger partial charge on any atom is -0.470 e. The predicted molar refractivity (Wildman–Crippen MR) is 172 cm³/mol. The van der Waals surface area contributed by atoms with Gasteiger partial charge in [0.15, 0.2) is 23.1 Å². The number of epoxide rings is 1. The molecular formula is C37H35FN2O8. The highest BCUT2D eigenvalue weighted by Gasteiger charge is 2.72. The SMILES string of the molecule is CC(C)(C)OC(=O)Oc1c2c(cc3ccc(F)cc13)CC1C[C@H]3Cc4onc(OCc5ccccc5)c4C(=O)[C@]34OC4=C1C2=O.CNC. The molecule has 0 bridgehead atoms. The Kier molecular flexibility index (Phi) is 7.62. The lowest BCUT2D eigenvalue weighted by atomic mass is 9.63. The van der Waals surface area contributed by atoms with Gasteiger partial charge in [-0.2, -0.15) is 0 Å². The Morgan fingerprint density at radius 3 is 2.54 bits per heavy atom. The molecule has 2 heterocycles. The third-order valence-electron chi connectivity index (χ3n) is 8.95. The average Bonchev–Trinajstić information content (AvgIpc) is 3.65. The first-order chi connectivity index (χ1) is 22.9. The van der Waals surface area contributed by atoms with Crippen molar-refractivity contribution in [3.63, 3.8) is 0 Å². The number of hydrogen-bond donors (Lipinski definition) is 1. The number of carbonyl (C=O) groups is 3. The smallest absolute Gasteiger partial charge is 0.470 e. The molecule has 10 nitrogen and oxygen atoms in total. The van der Waals surface area contributed by atoms with Gasteiger partial charge in [0.2, 0.25) is 11.4 Å². The van der Waals surface area contributed by atoms with Crippen LogP contribution in [0.2, 0.25) is 0 Å². The van der Waals surface area contributed by atoms with Gasteiger partial charge in [-0.25, -0.2) is 9.18 Å². The van der Waals surface area contributed by atoms with Gasteiger partial charge in [0, 0.05) is 23.3 Å². The predicted octanol–water partition coefficient (Wildman–Crippen LogP) is 6.53. The van der Waals surface area contributed by atoms with Gasteiger partial charge in [-0.15, -0.1) is 0 Å². The van der Waals surface area contributed by atoms with Crippen LogP contribution in [0.15, 0.2) is 70.5 Å². The zero-order chi connectivity index (χ0) is 34.0. The molecule has 3 aliphatic carbocycles. The van der Waals surface area contributed by atoms with E-state index < -0.39 is 29.0 Å². The summed E-state index contributed by atoms with van der Waals surface area (Å²) in [7, 11) is 3.75. The molecule has 1 fully saturated rings. The van der Waals surface area contributed by atoms with Crippen molar-refractivity contribution in [3.8, 4) is 11.6 Å². The number of rotatable bonds is 4. The fourth-order valence-corrected chi connectivity index (χ4v) is 7.07. The lowest BCUT2D eigenvalue weighted by Crippen LogP contribution is -2.44. The van der Waals surface area contributed by atoms with Crippen molar-refractivity contribution in [2.45, 2.75) is 57.8 Å². The molecule has 1 spiro atoms. The van der Waals surface area contributed by atoms with Crippen molar-refractivity contribution in [1.82, 2.24) is 10.5 Å². The van der Waals surface area contributed by atoms with Crippen molar-refractivity contribution < 1.29 is 42.2 Å². The minimum atomic E-state index is -1.31. The topological polar surface area (TPSA) is 129 Å². The van der Waals surface area contributed by atoms with Gasteiger partial charge >= 0.3 is 6.16 Å². The van der Waals surface area contributed by atoms with Gasteiger partial charge in [-0.3, -0.25) is 9.59 Å². The number of Topliss-reactive ketones (excluding diaryl/α,β-unsaturated/α-hetero) is 2. The number of fused-ring (bicyclic) bond motifs is 4. The Balaban J connectivity index is 0.00000117. The Labute approximate surface area is 276 Å². The largest absolute Gasteiger partial charge is 0.514 e. The molecule has 1 unspecified atom stereocenters. The number of halogens is 1. The number of allylic oxidation sites excluding steroid dienone is 1. The second-order valence-electron chi connectivity index (χ2n) is 13.5. The highest BCUT2D eigenvalue weighted by molar-refractivity contribution is 6.19. The van der Waals surface area contributed by atoms with E-state index in [0.717, 1.165) is 5.56 Å². The molecular weight excluding hydrogens is 619 g/mol. The van der Waals surface area contributed by atoms with E-state index in [2.05, 4.69) is 10.5 Å². The van der Waals surface area contributed by atoms with Crippen molar-refractivity contribution in [1.29, 1.82) is 0 Å². The van der Waals surface area contributed by atoms with Crippen LogP contribution < -0.4 is 14.8 Å². The summed E-state index contributed by atoms with van der Waals surface area (Å²) in [6.45, 7) is 5.27. The van der Waals surface area contributed by atoms with Crippen LogP contribution in [-0.2, 0) is 28.9 Å². The fourth-order valence-electron chi connectivity index (χ4n) is 7.07. The van der Waals surface area contributed by atoms with Crippen LogP contribution >= 0.6 is 0 Å². The first-order valence-electron chi connectivity index (χ1n) is 15.9. The van der Waals surface area contributed by atoms with E-state index in [4.69, 9.17) is 23.5 Å². The van der Waals surface area contributed by atoms with Gasteiger partial charge in [-0.1, -0.05) is 42.5 Å². The summed E-state index contributed by atoms with van der Waals surface area (Å²) in [5.74, 6) is -1.01. The van der Waals surface area contributed by atoms with E-state index in [1.807, 2.05) is 50.5 Å². The minimum absolute atomic E-state index is 0.0717. The first kappa shape index (κ1) is 31.6. The van der Waals surface area contributed by atoms with Gasteiger partial charge in [0.05, 0.1) is 5.56 Å². The molecule has 0 saturated carbocycles. The average molecular weight is 655 g/mol. The summed E-state index contributed by atoms with van der Waals surface area (Å²) < 4.78 is 43.2. The molecule has 1 aliphatic heterocycles. The Bertz CT molecular complexity index is 2010. The molecule has 248 valence electrons. The fraction of sp³-hybridized carbons (Fsp3) is 0.351. The molecule has 48 heavy (non-hydrogen) atoms. The third-order valence-corrected chi connectivity index (χ3v) is 8.95. The molecule has 1 saturated heterocycles. The van der Waals surface area contributed by atoms with E-state index >= 15 is 0 Å². The van der Waals surface area contributed by atoms with Crippen LogP contribution in [0.3, 0.4) is 0 Å². The van der Waals surface area contributed by atoms with Crippen LogP contribution in [-0.4, -0.2) is 48.2 Å². The van der Waals surface area contributed by atoms with Crippen molar-refractivity contribution in [2.75, 3.05) is 14.1 Å². The van der Waals surface area contributed by atoms with E-state index in [0.29, 0.717) is 47.3 Å². The van der Waals surface area contributed by atoms with Gasteiger partial charge in [-0.05, 0) is 87.4 Å². The summed E-state index contributed by atoms with van der Waals surface area (Å²) in [5.41, 5.74) is 0.159. The maximum atomic E-state index is 14.5. The Morgan fingerprint density at radius 2 is 1.81 bits per heavy atom. The zero-order valence-corrected chi connectivity index (χ0v) is 27.3. The maximum absolute atomic E-state index is 14.5. The number of benzene rings is 3. The van der Waals surface area contributed by atoms with Gasteiger partial charge in [0.25, 0.3) is 5.88 Å². The molecule has 1 aromatic heterocycles. The normalized spacial score (nSPS) is 21.8. The molecule has 0 amide bonds. The highest BCUT2D eigenvalue weighted by Crippen LogP contribution is 2.63. The second-order valence-corrected chi connectivity index (χ2v) is 13.5. The molecule has 3 atom stereocenters. The quantitative estimate of drug-likeness (QED) is 0.147. The number of hydrogen-bond acceptors (Lipinski definition) is 10. The number of nitrogens with zero attached hydrogens (tertiary/aromatic N) is 1. The number of ketones is 2. The Hall–Kier alpha value is -5.03. The number of nitrogens with one attached hydrogen (secondary N) is 1. The van der Waals surface area contributed by atoms with E-state index in [-0.39, 0.29) is 52.4 Å². The summed E-state index contributed by atoms with van der Waals surface area (Å²) >= 11 is 0. The number of aromatic nitrogens is 1. The van der Waals surface area contributed by atoms with Crippen LogP contribution in [0.25, 0.3) is 10.8 Å². The molecule has 11 heteroatoms. The summed E-state index contributed by atoms with van der Waals surface area (Å²) in [5, 5.41) is 7.70. The van der Waals surface area contributed by atoms with Crippen molar-refractivity contribution >= 4 is 28.5 Å². The lowest BCUT2D eigenvalue weighted by molar-refractivity contribution is 0.0208. The summed E-state index contributed by atoms with van der Waals surface area (Å²) in [4.78, 5) is 41.3. The molecule has 0 radical (unpaired) electrons. The van der Waals surface area contributed by atoms with Crippen LogP contribution in [0.1, 0.15) is 64.8 Å². The lowest BCUT2D eigenvalue weighted by Gasteiger charge is -2.35. The monoisotopic (exact) mass is 654 g/mol. The maximum Gasteiger partial charge on any atom is 0.514 e. The van der Waals surface area contributed by atoms with Crippen LogP contribution in [0.4, 0.5) is 9.18 Å². The van der Waals surface area contributed by atoms with Gasteiger partial charge < -0.3 is 28.8 Å². The molecule has 4 aliphatic rings. The summed E-state index contributed by atoms with van der Waals surface area (Å²) in [6, 6.07) is 15.5. The molecule has 3 aromatic carbocycles. The van der Waals surface area contributed by atoms with Crippen molar-refractivity contribution in [2.24, 2.45) is 11.8 Å². The standard InChI is InChI=1S/C35H28FNO8.C2H7N/c1-34(2,3)44-33(40)42-29-23-15-22(36)10-9-18(23)11-19-12-20-13-21-14-24-27(32(37-45-24)41-16-17-7-5-4-6-8-17)30(39)35(21)31(43-35)26(20)28(38)25(19)29;1-3-2/h4-11,15,20-21H,12-14,16H2,1-3H3;3H,1-2H3/t20?,21-,35+;/m0./s1. The number of carbonyl (C=O) groups excluding carboxylic acids is 3. The van der Waals surface area contributed by atoms with Gasteiger partial charge in [0.1, 0.15) is 23.6 Å². The summed E-state index contributed by atoms with van der Waals surface area (Å²) in [6.07, 6.45) is 0.333. The zero-order valence-electron chi connectivity index (χ0n) is 27.3. The van der Waals surface area contributed by atoms with Crippen LogP contribution in [0.5, 0.6) is 11.6 Å². The van der Waals surface area contributed by atoms with E-state index in [9.17, 15) is 18.8 Å². The Morgan fingerprint density at radius 1 is 1.06 bits per heavy atom. The first-order valence-corrected chi connectivity index (χ1v) is 15.9. The number of ether oxygens (including phenoxy) is 4. The molecule has 1 N–H and O–H groups in total. The van der Waals surface area contributed by atoms with E-state index in [1.54, 1.807) is 26.8 Å². The molecule has 4 aromatic rings. The third kappa shape index (κ3) is 5.22. The van der Waals surface area contributed by atoms with E-state index in [1.165, 1.54) is 12.1 Å². The van der Waals surface area contributed by atoms with Crippen molar-refractivity contribution in [3.05, 3.63) is 99.8 Å². The highest BCUT2D eigenvalue weighted by atomic mass is 19.1. The molecule has 8 rings (SSSR count). The van der Waals surface area contributed by atoms with Crippen LogP contribution in [0, 0.1) is 17.7 Å².